The van der Waals surface area contributed by atoms with Gasteiger partial charge in [0.05, 0.1) is 29.9 Å². The minimum absolute atomic E-state index is 0. The van der Waals surface area contributed by atoms with Crippen LogP contribution in [0.3, 0.4) is 0 Å². The zero-order valence-electron chi connectivity index (χ0n) is 23.6. The normalized spacial score (nSPS) is 13.4. The molecule has 0 radical (unpaired) electrons. The van der Waals surface area contributed by atoms with Crippen molar-refractivity contribution in [3.8, 4) is 5.75 Å². The molecule has 0 aliphatic carbocycles. The Balaban J connectivity index is 0.00000588. The van der Waals surface area contributed by atoms with Crippen LogP contribution < -0.4 is 15.4 Å². The number of nitrogens with one attached hydrogen (secondary N) is 2. The van der Waals surface area contributed by atoms with Gasteiger partial charge >= 0.3 is 0 Å². The standard InChI is InChI=1S/C31H40N2O6S.ClH/c1-3-18-39-30(17-19-40(36,37)27-15-8-5-9-16-27)31(35)33-28(21-24-11-6-4-7-12-24)29(34)23-32-22-25-13-10-14-26(20-25)38-2;/h4-16,20,28-30,32,34H,3,17-19,21-23H2,1-2H3,(H,33,35);1H/t28-,29-,30?;/m0./s1. The van der Waals surface area contributed by atoms with Gasteiger partial charge in [-0.1, -0.05) is 67.6 Å². The molecule has 3 rings (SSSR count). The molecule has 0 bridgehead atoms. The van der Waals surface area contributed by atoms with Crippen LogP contribution in [0.15, 0.2) is 89.8 Å². The molecule has 3 aromatic carbocycles. The minimum atomic E-state index is -3.58. The molecule has 0 fully saturated rings. The second-order valence-electron chi connectivity index (χ2n) is 9.63. The van der Waals surface area contributed by atoms with Crippen LogP contribution in [0.25, 0.3) is 0 Å². The van der Waals surface area contributed by atoms with Gasteiger partial charge in [0.25, 0.3) is 0 Å². The van der Waals surface area contributed by atoms with Crippen LogP contribution >= 0.6 is 12.4 Å². The monoisotopic (exact) mass is 604 g/mol. The molecule has 41 heavy (non-hydrogen) atoms. The van der Waals surface area contributed by atoms with E-state index in [1.807, 2.05) is 61.5 Å². The Morgan fingerprint density at radius 3 is 2.27 bits per heavy atom. The molecule has 0 saturated carbocycles. The van der Waals surface area contributed by atoms with Crippen LogP contribution in [0.5, 0.6) is 5.75 Å². The summed E-state index contributed by atoms with van der Waals surface area (Å²) in [6.45, 7) is 2.99. The van der Waals surface area contributed by atoms with E-state index in [1.165, 1.54) is 0 Å². The van der Waals surface area contributed by atoms with E-state index in [4.69, 9.17) is 9.47 Å². The topological polar surface area (TPSA) is 114 Å². The lowest BCUT2D eigenvalue weighted by Gasteiger charge is -2.27. The number of benzene rings is 3. The summed E-state index contributed by atoms with van der Waals surface area (Å²) in [5.74, 6) is 0.0817. The van der Waals surface area contributed by atoms with E-state index in [1.54, 1.807) is 37.4 Å². The first-order chi connectivity index (χ1) is 19.3. The van der Waals surface area contributed by atoms with Gasteiger partial charge < -0.3 is 25.2 Å². The molecule has 1 unspecified atom stereocenters. The molecule has 1 amide bonds. The molecule has 8 nitrogen and oxygen atoms in total. The fourth-order valence-electron chi connectivity index (χ4n) is 4.27. The number of rotatable bonds is 17. The summed E-state index contributed by atoms with van der Waals surface area (Å²) in [7, 11) is -1.97. The van der Waals surface area contributed by atoms with Gasteiger partial charge in [0.1, 0.15) is 11.9 Å². The fourth-order valence-corrected chi connectivity index (χ4v) is 5.61. The van der Waals surface area contributed by atoms with Crippen molar-refractivity contribution < 1.29 is 27.8 Å². The molecule has 3 N–H and O–H groups in total. The highest BCUT2D eigenvalue weighted by molar-refractivity contribution is 7.91. The van der Waals surface area contributed by atoms with Crippen molar-refractivity contribution in [2.45, 2.75) is 55.9 Å². The van der Waals surface area contributed by atoms with Gasteiger partial charge in [-0.15, -0.1) is 12.4 Å². The van der Waals surface area contributed by atoms with Crippen LogP contribution in [0.2, 0.25) is 0 Å². The van der Waals surface area contributed by atoms with Crippen molar-refractivity contribution in [3.05, 3.63) is 96.1 Å². The Morgan fingerprint density at radius 2 is 1.61 bits per heavy atom. The summed E-state index contributed by atoms with van der Waals surface area (Å²) in [5.41, 5.74) is 1.96. The molecule has 3 atom stereocenters. The van der Waals surface area contributed by atoms with Crippen LogP contribution in [0, 0.1) is 0 Å². The lowest BCUT2D eigenvalue weighted by atomic mass is 10.0. The largest absolute Gasteiger partial charge is 0.497 e. The fraction of sp³-hybridized carbons (Fsp3) is 0.387. The first-order valence-corrected chi connectivity index (χ1v) is 15.2. The van der Waals surface area contributed by atoms with Crippen molar-refractivity contribution in [2.75, 3.05) is 26.0 Å². The van der Waals surface area contributed by atoms with Crippen molar-refractivity contribution in [1.29, 1.82) is 0 Å². The van der Waals surface area contributed by atoms with Crippen molar-refractivity contribution in [2.24, 2.45) is 0 Å². The molecule has 0 aromatic heterocycles. The van der Waals surface area contributed by atoms with Gasteiger partial charge in [-0.3, -0.25) is 4.79 Å². The number of methoxy groups -OCH3 is 1. The van der Waals surface area contributed by atoms with E-state index in [9.17, 15) is 18.3 Å². The van der Waals surface area contributed by atoms with E-state index < -0.39 is 34.0 Å². The van der Waals surface area contributed by atoms with E-state index in [0.29, 0.717) is 26.0 Å². The van der Waals surface area contributed by atoms with E-state index in [2.05, 4.69) is 10.6 Å². The molecule has 0 saturated heterocycles. The Bertz CT molecular complexity index is 1280. The third-order valence-corrected chi connectivity index (χ3v) is 8.24. The van der Waals surface area contributed by atoms with Gasteiger partial charge in [0, 0.05) is 19.7 Å². The maximum Gasteiger partial charge on any atom is 0.249 e. The highest BCUT2D eigenvalue weighted by Gasteiger charge is 2.28. The molecule has 224 valence electrons. The number of carbonyl (C=O) groups is 1. The van der Waals surface area contributed by atoms with Gasteiger partial charge in [0.15, 0.2) is 9.84 Å². The number of aliphatic hydroxyl groups is 1. The third kappa shape index (κ3) is 11.4. The first kappa shape index (κ1) is 34.3. The Labute approximate surface area is 249 Å². The zero-order chi connectivity index (χ0) is 28.8. The number of sulfone groups is 1. The smallest absolute Gasteiger partial charge is 0.249 e. The van der Waals surface area contributed by atoms with E-state index in [0.717, 1.165) is 16.9 Å². The van der Waals surface area contributed by atoms with E-state index >= 15 is 0 Å². The Hall–Kier alpha value is -2.95. The van der Waals surface area contributed by atoms with Crippen LogP contribution in [-0.2, 0) is 32.3 Å². The van der Waals surface area contributed by atoms with E-state index in [-0.39, 0.29) is 36.0 Å². The number of hydrogen-bond donors (Lipinski definition) is 3. The number of hydrogen-bond acceptors (Lipinski definition) is 7. The van der Waals surface area contributed by atoms with Gasteiger partial charge in [-0.25, -0.2) is 8.42 Å². The van der Waals surface area contributed by atoms with Crippen LogP contribution in [0.4, 0.5) is 0 Å². The third-order valence-electron chi connectivity index (χ3n) is 6.47. The summed E-state index contributed by atoms with van der Waals surface area (Å²) in [5, 5.41) is 17.3. The number of aliphatic hydroxyl groups excluding tert-OH is 1. The lowest BCUT2D eigenvalue weighted by Crippen LogP contribution is -2.52. The number of amides is 1. The molecule has 3 aromatic rings. The summed E-state index contributed by atoms with van der Waals surface area (Å²) in [6, 6.07) is 24.8. The van der Waals surface area contributed by atoms with Crippen molar-refractivity contribution >= 4 is 28.2 Å². The molecule has 0 heterocycles. The number of carbonyl (C=O) groups excluding carboxylic acids is 1. The van der Waals surface area contributed by atoms with Crippen LogP contribution in [0.1, 0.15) is 30.9 Å². The van der Waals surface area contributed by atoms with Crippen LogP contribution in [-0.4, -0.2) is 63.7 Å². The predicted octanol–water partition coefficient (Wildman–Crippen LogP) is 3.95. The minimum Gasteiger partial charge on any atom is -0.497 e. The number of ether oxygens (including phenoxy) is 2. The molecule has 0 aliphatic rings. The average molecular weight is 605 g/mol. The number of halogens is 1. The maximum atomic E-state index is 13.4. The van der Waals surface area contributed by atoms with Gasteiger partial charge in [-0.05, 0) is 54.7 Å². The highest BCUT2D eigenvalue weighted by Crippen LogP contribution is 2.15. The van der Waals surface area contributed by atoms with Gasteiger partial charge in [0.2, 0.25) is 5.91 Å². The molecular weight excluding hydrogens is 564 g/mol. The average Bonchev–Trinajstić information content (AvgIpc) is 2.97. The summed E-state index contributed by atoms with van der Waals surface area (Å²) >= 11 is 0. The predicted molar refractivity (Wildman–Crippen MR) is 163 cm³/mol. The quantitative estimate of drug-likeness (QED) is 0.214. The molecular formula is C31H41ClN2O6S. The summed E-state index contributed by atoms with van der Waals surface area (Å²) in [6.07, 6.45) is -0.786. The zero-order valence-corrected chi connectivity index (χ0v) is 25.2. The second kappa shape index (κ2) is 17.8. The Morgan fingerprint density at radius 1 is 0.951 bits per heavy atom. The van der Waals surface area contributed by atoms with Crippen molar-refractivity contribution in [1.82, 2.24) is 10.6 Å². The molecule has 0 spiro atoms. The maximum absolute atomic E-state index is 13.4. The molecule has 0 aliphatic heterocycles. The highest BCUT2D eigenvalue weighted by atomic mass is 35.5. The van der Waals surface area contributed by atoms with Crippen molar-refractivity contribution in [3.63, 3.8) is 0 Å². The lowest BCUT2D eigenvalue weighted by molar-refractivity contribution is -0.134. The summed E-state index contributed by atoms with van der Waals surface area (Å²) < 4.78 is 36.7. The molecule has 10 heteroatoms. The Kier molecular flexibility index (Phi) is 14.8. The first-order valence-electron chi connectivity index (χ1n) is 13.6. The summed E-state index contributed by atoms with van der Waals surface area (Å²) in [4.78, 5) is 13.6. The SMILES string of the molecule is CCCOC(CCS(=O)(=O)c1ccccc1)C(=O)N[C@@H](Cc1ccccc1)[C@@H](O)CNCc1cccc(OC)c1.Cl. The van der Waals surface area contributed by atoms with Gasteiger partial charge in [-0.2, -0.15) is 0 Å². The second-order valence-corrected chi connectivity index (χ2v) is 11.7.